The smallest absolute Gasteiger partial charge is 0.328 e. The minimum absolute atomic E-state index is 0.124. The molecule has 1 aliphatic heterocycles. The minimum atomic E-state index is -1.05. The van der Waals surface area contributed by atoms with Crippen molar-refractivity contribution in [2.45, 2.75) is 13.0 Å². The van der Waals surface area contributed by atoms with Gasteiger partial charge in [-0.05, 0) is 66.7 Å². The average molecular weight is 493 g/mol. The highest BCUT2D eigenvalue weighted by atomic mass is 35.5. The van der Waals surface area contributed by atoms with Crippen molar-refractivity contribution in [2.75, 3.05) is 19.0 Å². The van der Waals surface area contributed by atoms with Gasteiger partial charge in [-0.15, -0.1) is 0 Å². The normalized spacial score (nSPS) is 15.5. The van der Waals surface area contributed by atoms with Gasteiger partial charge in [-0.2, -0.15) is 0 Å². The van der Waals surface area contributed by atoms with Crippen LogP contribution in [0.5, 0.6) is 5.75 Å². The zero-order chi connectivity index (χ0) is 24.1. The summed E-state index contributed by atoms with van der Waals surface area (Å²) < 4.78 is 22.9. The van der Waals surface area contributed by atoms with Crippen LogP contribution in [0.4, 0.5) is 14.9 Å². The maximum Gasteiger partial charge on any atom is 0.328 e. The summed E-state index contributed by atoms with van der Waals surface area (Å²) in [5, 5.41) is 2.16. The lowest BCUT2D eigenvalue weighted by Crippen LogP contribution is -2.42. The Labute approximate surface area is 197 Å². The monoisotopic (exact) mass is 492 g/mol. The lowest BCUT2D eigenvalue weighted by molar-refractivity contribution is -0.148. The minimum Gasteiger partial charge on any atom is -0.482 e. The number of nitrogens with one attached hydrogen (secondary N) is 1. The van der Waals surface area contributed by atoms with Gasteiger partial charge in [0.1, 0.15) is 17.6 Å². The van der Waals surface area contributed by atoms with Crippen molar-refractivity contribution in [3.63, 3.8) is 0 Å². The average Bonchev–Trinajstić information content (AvgIpc) is 3.06. The van der Waals surface area contributed by atoms with Crippen molar-refractivity contribution in [3.05, 3.63) is 63.8 Å². The van der Waals surface area contributed by atoms with Crippen LogP contribution >= 0.6 is 23.4 Å². The van der Waals surface area contributed by atoms with E-state index in [1.807, 2.05) is 0 Å². The lowest BCUT2D eigenvalue weighted by atomic mass is 10.2. The lowest BCUT2D eigenvalue weighted by Gasteiger charge is -2.18. The number of ether oxygens (including phenoxy) is 2. The van der Waals surface area contributed by atoms with Crippen molar-refractivity contribution in [2.24, 2.45) is 0 Å². The molecule has 0 bridgehead atoms. The maximum absolute atomic E-state index is 12.9. The van der Waals surface area contributed by atoms with E-state index in [1.54, 1.807) is 6.07 Å². The van der Waals surface area contributed by atoms with Crippen molar-refractivity contribution in [3.8, 4) is 5.75 Å². The largest absolute Gasteiger partial charge is 0.482 e. The van der Waals surface area contributed by atoms with Gasteiger partial charge in [0.15, 0.2) is 6.61 Å². The number of benzene rings is 2. The van der Waals surface area contributed by atoms with Crippen LogP contribution < -0.4 is 10.1 Å². The van der Waals surface area contributed by atoms with Gasteiger partial charge in [0.05, 0.1) is 17.0 Å². The predicted molar refractivity (Wildman–Crippen MR) is 121 cm³/mol. The molecule has 8 nitrogen and oxygen atoms in total. The summed E-state index contributed by atoms with van der Waals surface area (Å²) in [6, 6.07) is 8.84. The van der Waals surface area contributed by atoms with E-state index in [1.165, 1.54) is 56.5 Å². The Morgan fingerprint density at radius 3 is 2.55 bits per heavy atom. The second-order valence-electron chi connectivity index (χ2n) is 6.78. The number of hydrogen-bond donors (Lipinski definition) is 1. The van der Waals surface area contributed by atoms with Gasteiger partial charge in [0.25, 0.3) is 17.1 Å². The molecule has 11 heteroatoms. The third-order valence-electron chi connectivity index (χ3n) is 4.49. The fraction of sp³-hybridized carbons (Fsp3) is 0.182. The van der Waals surface area contributed by atoms with E-state index in [4.69, 9.17) is 16.3 Å². The number of rotatable bonds is 7. The molecule has 2 aromatic rings. The molecule has 1 atom stereocenters. The van der Waals surface area contributed by atoms with Crippen LogP contribution in [0, 0.1) is 5.82 Å². The van der Waals surface area contributed by atoms with Gasteiger partial charge in [-0.25, -0.2) is 9.18 Å². The molecule has 1 unspecified atom stereocenters. The molecule has 33 heavy (non-hydrogen) atoms. The molecule has 1 saturated heterocycles. The van der Waals surface area contributed by atoms with E-state index in [0.717, 1.165) is 4.90 Å². The van der Waals surface area contributed by atoms with Gasteiger partial charge < -0.3 is 14.8 Å². The first kappa shape index (κ1) is 24.3. The second kappa shape index (κ2) is 10.5. The van der Waals surface area contributed by atoms with E-state index in [9.17, 15) is 23.6 Å². The molecular weight excluding hydrogens is 475 g/mol. The predicted octanol–water partition coefficient (Wildman–Crippen LogP) is 4.09. The van der Waals surface area contributed by atoms with Crippen LogP contribution in [-0.2, 0) is 19.1 Å². The fourth-order valence-electron chi connectivity index (χ4n) is 2.84. The molecule has 0 spiro atoms. The Morgan fingerprint density at radius 1 is 1.21 bits per heavy atom. The molecule has 172 valence electrons. The molecule has 0 radical (unpaired) electrons. The highest BCUT2D eigenvalue weighted by Crippen LogP contribution is 2.35. The second-order valence-corrected chi connectivity index (χ2v) is 8.18. The third kappa shape index (κ3) is 5.91. The number of carbonyl (C=O) groups is 4. The van der Waals surface area contributed by atoms with Gasteiger partial charge in [0, 0.05) is 5.69 Å². The topological polar surface area (TPSA) is 102 Å². The number of thioether (sulfide) groups is 1. The maximum atomic E-state index is 12.9. The Bertz CT molecular complexity index is 1140. The molecule has 3 amide bonds. The van der Waals surface area contributed by atoms with E-state index < -0.39 is 34.9 Å². The SMILES string of the molecule is COC(=O)C(C)N1C(=O)S/C(=C/c2ccc(OCC(=O)Nc3ccc(F)cc3)c(Cl)c2)C1=O. The van der Waals surface area contributed by atoms with Crippen molar-refractivity contribution in [1.82, 2.24) is 4.90 Å². The summed E-state index contributed by atoms with van der Waals surface area (Å²) in [6.45, 7) is 1.07. The molecule has 0 saturated carbocycles. The summed E-state index contributed by atoms with van der Waals surface area (Å²) in [5.74, 6) is -1.96. The van der Waals surface area contributed by atoms with Gasteiger partial charge >= 0.3 is 5.97 Å². The van der Waals surface area contributed by atoms with Crippen molar-refractivity contribution >= 4 is 58.1 Å². The first-order valence-electron chi connectivity index (χ1n) is 9.52. The zero-order valence-electron chi connectivity index (χ0n) is 17.5. The van der Waals surface area contributed by atoms with E-state index in [2.05, 4.69) is 10.1 Å². The summed E-state index contributed by atoms with van der Waals surface area (Å²) in [4.78, 5) is 49.4. The molecule has 2 aromatic carbocycles. The molecule has 1 N–H and O–H groups in total. The number of esters is 1. The highest BCUT2D eigenvalue weighted by molar-refractivity contribution is 8.18. The Kier molecular flexibility index (Phi) is 7.72. The van der Waals surface area contributed by atoms with Crippen LogP contribution in [0.1, 0.15) is 12.5 Å². The zero-order valence-corrected chi connectivity index (χ0v) is 19.0. The first-order chi connectivity index (χ1) is 15.7. The highest BCUT2D eigenvalue weighted by Gasteiger charge is 2.41. The quantitative estimate of drug-likeness (QED) is 0.458. The molecule has 1 fully saturated rings. The number of amides is 3. The number of nitrogens with zero attached hydrogens (tertiary/aromatic N) is 1. The molecule has 0 aromatic heterocycles. The van der Waals surface area contributed by atoms with Crippen LogP contribution in [0.15, 0.2) is 47.4 Å². The molecule has 1 aliphatic rings. The van der Waals surface area contributed by atoms with Crippen LogP contribution in [0.25, 0.3) is 6.08 Å². The van der Waals surface area contributed by atoms with Gasteiger partial charge in [-0.1, -0.05) is 17.7 Å². The van der Waals surface area contributed by atoms with Gasteiger partial charge in [0.2, 0.25) is 0 Å². The molecule has 0 aliphatic carbocycles. The third-order valence-corrected chi connectivity index (χ3v) is 5.67. The Hall–Kier alpha value is -3.37. The van der Waals surface area contributed by atoms with E-state index in [-0.39, 0.29) is 22.3 Å². The van der Waals surface area contributed by atoms with Crippen molar-refractivity contribution < 1.29 is 33.0 Å². The number of carbonyl (C=O) groups excluding carboxylic acids is 4. The number of halogens is 2. The van der Waals surface area contributed by atoms with Crippen LogP contribution in [0.3, 0.4) is 0 Å². The van der Waals surface area contributed by atoms with Crippen molar-refractivity contribution in [1.29, 1.82) is 0 Å². The summed E-state index contributed by atoms with van der Waals surface area (Å²) in [7, 11) is 1.17. The van der Waals surface area contributed by atoms with E-state index in [0.29, 0.717) is 23.0 Å². The van der Waals surface area contributed by atoms with Crippen LogP contribution in [0.2, 0.25) is 5.02 Å². The number of anilines is 1. The van der Waals surface area contributed by atoms with Gasteiger partial charge in [-0.3, -0.25) is 19.3 Å². The number of imide groups is 1. The number of hydrogen-bond acceptors (Lipinski definition) is 7. The van der Waals surface area contributed by atoms with E-state index >= 15 is 0 Å². The molecule has 1 heterocycles. The fourth-order valence-corrected chi connectivity index (χ4v) is 3.99. The summed E-state index contributed by atoms with van der Waals surface area (Å²) in [6.07, 6.45) is 1.46. The first-order valence-corrected chi connectivity index (χ1v) is 10.7. The Morgan fingerprint density at radius 2 is 1.91 bits per heavy atom. The number of methoxy groups -OCH3 is 1. The summed E-state index contributed by atoms with van der Waals surface area (Å²) >= 11 is 6.92. The van der Waals surface area contributed by atoms with Crippen LogP contribution in [-0.4, -0.2) is 47.7 Å². The molecule has 3 rings (SSSR count). The Balaban J connectivity index is 1.64. The summed E-state index contributed by atoms with van der Waals surface area (Å²) in [5.41, 5.74) is 0.932. The molecular formula is C22H18ClFN2O6S. The standard InChI is InChI=1S/C22H18ClFN2O6S/c1-12(21(29)31-2)26-20(28)18(33-22(26)30)10-13-3-8-17(16(23)9-13)32-11-19(27)25-15-6-4-14(24)5-7-15/h3-10,12H,11H2,1-2H3,(H,25,27)/b18-10+.